The topological polar surface area (TPSA) is 32.7 Å². The first-order valence-corrected chi connectivity index (χ1v) is 7.72. The molecule has 0 radical (unpaired) electrons. The molecule has 0 amide bonds. The van der Waals surface area contributed by atoms with Gasteiger partial charge in [-0.25, -0.2) is 0 Å². The van der Waals surface area contributed by atoms with E-state index >= 15 is 0 Å². The van der Waals surface area contributed by atoms with Crippen LogP contribution in [0.2, 0.25) is 0 Å². The van der Waals surface area contributed by atoms with E-state index in [9.17, 15) is 5.11 Å². The van der Waals surface area contributed by atoms with E-state index in [2.05, 4.69) is 50.4 Å². The van der Waals surface area contributed by atoms with Gasteiger partial charge in [0.25, 0.3) is 0 Å². The fraction of sp³-hybridized carbons (Fsp3) is 0.556. The monoisotopic (exact) mass is 291 g/mol. The molecule has 0 aromatic heterocycles. The fourth-order valence-corrected chi connectivity index (χ4v) is 2.45. The number of benzene rings is 1. The molecule has 21 heavy (non-hydrogen) atoms. The van der Waals surface area contributed by atoms with Crippen molar-refractivity contribution in [3.63, 3.8) is 0 Å². The number of aryl methyl sites for hydroxylation is 2. The van der Waals surface area contributed by atoms with Crippen LogP contribution in [-0.4, -0.2) is 42.4 Å². The maximum Gasteiger partial charge on any atom is 0.0900 e. The van der Waals surface area contributed by atoms with Crippen LogP contribution in [0.3, 0.4) is 0 Å². The summed E-state index contributed by atoms with van der Waals surface area (Å²) >= 11 is 0. The standard InChI is InChI=1S/C18H29NO2/c1-5-9-19(13-18(20)14-21-10-6-2)12-17-8-7-15(3)11-16(17)4/h6-8,11,18,20H,2,5,9-10,12-14H2,1,3-4H3/t18-/m0/s1. The molecule has 0 aliphatic heterocycles. The molecule has 0 fully saturated rings. The lowest BCUT2D eigenvalue weighted by Crippen LogP contribution is -2.35. The molecule has 1 N–H and O–H groups in total. The average molecular weight is 291 g/mol. The molecular formula is C18H29NO2. The minimum Gasteiger partial charge on any atom is -0.389 e. The predicted molar refractivity (Wildman–Crippen MR) is 88.5 cm³/mol. The third kappa shape index (κ3) is 6.89. The second kappa shape index (κ2) is 9.72. The van der Waals surface area contributed by atoms with Crippen LogP contribution in [0.5, 0.6) is 0 Å². The van der Waals surface area contributed by atoms with E-state index in [1.54, 1.807) is 6.08 Å². The van der Waals surface area contributed by atoms with Gasteiger partial charge >= 0.3 is 0 Å². The van der Waals surface area contributed by atoms with E-state index < -0.39 is 6.10 Å². The third-order valence-corrected chi connectivity index (χ3v) is 3.45. The van der Waals surface area contributed by atoms with Crippen molar-refractivity contribution in [1.29, 1.82) is 0 Å². The SMILES string of the molecule is C=CCOC[C@@H](O)CN(CCC)Cc1ccc(C)cc1C. The number of aliphatic hydroxyl groups excluding tert-OH is 1. The van der Waals surface area contributed by atoms with E-state index in [0.717, 1.165) is 19.5 Å². The Morgan fingerprint density at radius 2 is 2.14 bits per heavy atom. The van der Waals surface area contributed by atoms with Crippen molar-refractivity contribution in [2.45, 2.75) is 39.8 Å². The Balaban J connectivity index is 2.57. The van der Waals surface area contributed by atoms with Crippen molar-refractivity contribution >= 4 is 0 Å². The Morgan fingerprint density at radius 3 is 2.76 bits per heavy atom. The summed E-state index contributed by atoms with van der Waals surface area (Å²) < 4.78 is 5.32. The van der Waals surface area contributed by atoms with E-state index in [4.69, 9.17) is 4.74 Å². The minimum absolute atomic E-state index is 0.360. The fourth-order valence-electron chi connectivity index (χ4n) is 2.45. The van der Waals surface area contributed by atoms with Gasteiger partial charge in [-0.15, -0.1) is 6.58 Å². The van der Waals surface area contributed by atoms with Gasteiger partial charge in [-0.3, -0.25) is 4.90 Å². The average Bonchev–Trinajstić information content (AvgIpc) is 2.42. The number of hydrogen-bond acceptors (Lipinski definition) is 3. The van der Waals surface area contributed by atoms with Gasteiger partial charge in [-0.05, 0) is 37.9 Å². The van der Waals surface area contributed by atoms with Crippen LogP contribution in [0.1, 0.15) is 30.0 Å². The molecule has 0 saturated carbocycles. The molecule has 1 atom stereocenters. The van der Waals surface area contributed by atoms with E-state index in [0.29, 0.717) is 19.8 Å². The van der Waals surface area contributed by atoms with Gasteiger partial charge in [-0.2, -0.15) is 0 Å². The molecule has 118 valence electrons. The molecule has 0 unspecified atom stereocenters. The van der Waals surface area contributed by atoms with Crippen LogP contribution >= 0.6 is 0 Å². The summed E-state index contributed by atoms with van der Waals surface area (Å²) in [5, 5.41) is 10.1. The highest BCUT2D eigenvalue weighted by Gasteiger charge is 2.12. The van der Waals surface area contributed by atoms with Crippen LogP contribution in [-0.2, 0) is 11.3 Å². The highest BCUT2D eigenvalue weighted by molar-refractivity contribution is 5.30. The van der Waals surface area contributed by atoms with Crippen molar-refractivity contribution in [2.75, 3.05) is 26.3 Å². The molecule has 1 rings (SSSR count). The number of ether oxygens (including phenoxy) is 1. The number of rotatable bonds is 10. The van der Waals surface area contributed by atoms with Crippen LogP contribution < -0.4 is 0 Å². The Hall–Kier alpha value is -1.16. The molecule has 0 heterocycles. The first kappa shape index (κ1) is 17.9. The van der Waals surface area contributed by atoms with Crippen molar-refractivity contribution in [3.8, 4) is 0 Å². The van der Waals surface area contributed by atoms with E-state index in [1.807, 2.05) is 0 Å². The molecule has 0 spiro atoms. The highest BCUT2D eigenvalue weighted by atomic mass is 16.5. The van der Waals surface area contributed by atoms with Gasteiger partial charge in [0.15, 0.2) is 0 Å². The molecule has 1 aromatic carbocycles. The molecule has 3 nitrogen and oxygen atoms in total. The molecule has 0 aliphatic carbocycles. The van der Waals surface area contributed by atoms with Crippen LogP contribution in [0.4, 0.5) is 0 Å². The number of nitrogens with zero attached hydrogens (tertiary/aromatic N) is 1. The van der Waals surface area contributed by atoms with Crippen molar-refractivity contribution in [2.24, 2.45) is 0 Å². The molecule has 0 bridgehead atoms. The lowest BCUT2D eigenvalue weighted by atomic mass is 10.1. The number of hydrogen-bond donors (Lipinski definition) is 1. The van der Waals surface area contributed by atoms with Crippen LogP contribution in [0.15, 0.2) is 30.9 Å². The summed E-state index contributed by atoms with van der Waals surface area (Å²) in [5.41, 5.74) is 3.93. The first-order valence-electron chi connectivity index (χ1n) is 7.72. The van der Waals surface area contributed by atoms with Crippen molar-refractivity contribution in [1.82, 2.24) is 4.90 Å². The Bertz CT molecular complexity index is 431. The molecule has 0 saturated heterocycles. The van der Waals surface area contributed by atoms with Crippen molar-refractivity contribution in [3.05, 3.63) is 47.5 Å². The van der Waals surface area contributed by atoms with Crippen LogP contribution in [0.25, 0.3) is 0 Å². The predicted octanol–water partition coefficient (Wildman–Crippen LogP) is 3.08. The third-order valence-electron chi connectivity index (χ3n) is 3.45. The molecule has 1 aromatic rings. The lowest BCUT2D eigenvalue weighted by molar-refractivity contribution is 0.0246. The largest absolute Gasteiger partial charge is 0.389 e. The summed E-state index contributed by atoms with van der Waals surface area (Å²) in [7, 11) is 0. The zero-order valence-electron chi connectivity index (χ0n) is 13.6. The Labute approximate surface area is 129 Å². The van der Waals surface area contributed by atoms with E-state index in [-0.39, 0.29) is 0 Å². The second-order valence-corrected chi connectivity index (χ2v) is 5.65. The zero-order valence-corrected chi connectivity index (χ0v) is 13.6. The molecule has 0 aliphatic rings. The quantitative estimate of drug-likeness (QED) is 0.531. The van der Waals surface area contributed by atoms with Crippen molar-refractivity contribution < 1.29 is 9.84 Å². The summed E-state index contributed by atoms with van der Waals surface area (Å²) in [6, 6.07) is 6.55. The Kier molecular flexibility index (Phi) is 8.28. The normalized spacial score (nSPS) is 12.6. The maximum atomic E-state index is 10.1. The van der Waals surface area contributed by atoms with Gasteiger partial charge < -0.3 is 9.84 Å². The Morgan fingerprint density at radius 1 is 1.38 bits per heavy atom. The van der Waals surface area contributed by atoms with Gasteiger partial charge in [-0.1, -0.05) is 36.8 Å². The molecule has 3 heteroatoms. The summed E-state index contributed by atoms with van der Waals surface area (Å²) in [6.45, 7) is 13.4. The summed E-state index contributed by atoms with van der Waals surface area (Å²) in [5.74, 6) is 0. The summed E-state index contributed by atoms with van der Waals surface area (Å²) in [4.78, 5) is 2.29. The van der Waals surface area contributed by atoms with Gasteiger partial charge in [0.2, 0.25) is 0 Å². The minimum atomic E-state index is -0.456. The maximum absolute atomic E-state index is 10.1. The molecular weight excluding hydrogens is 262 g/mol. The zero-order chi connectivity index (χ0) is 15.7. The van der Waals surface area contributed by atoms with Gasteiger partial charge in [0.05, 0.1) is 19.3 Å². The first-order chi connectivity index (χ1) is 10.1. The summed E-state index contributed by atoms with van der Waals surface area (Å²) in [6.07, 6.45) is 2.32. The second-order valence-electron chi connectivity index (χ2n) is 5.65. The van der Waals surface area contributed by atoms with E-state index in [1.165, 1.54) is 16.7 Å². The highest BCUT2D eigenvalue weighted by Crippen LogP contribution is 2.13. The van der Waals surface area contributed by atoms with Crippen LogP contribution in [0, 0.1) is 13.8 Å². The van der Waals surface area contributed by atoms with Gasteiger partial charge in [0.1, 0.15) is 0 Å². The van der Waals surface area contributed by atoms with Gasteiger partial charge in [0, 0.05) is 13.1 Å². The smallest absolute Gasteiger partial charge is 0.0900 e. The lowest BCUT2D eigenvalue weighted by Gasteiger charge is -2.25. The number of aliphatic hydroxyl groups is 1.